The van der Waals surface area contributed by atoms with Gasteiger partial charge < -0.3 is 15.5 Å². The third-order valence-electron chi connectivity index (χ3n) is 7.83. The number of nitrogens with two attached hydrogens (primary N) is 1. The molecule has 1 aliphatic rings. The van der Waals surface area contributed by atoms with Gasteiger partial charge in [0, 0.05) is 36.8 Å². The highest BCUT2D eigenvalue weighted by Gasteiger charge is 2.30. The normalized spacial score (nSPS) is 13.9. The molecule has 3 aromatic carbocycles. The van der Waals surface area contributed by atoms with E-state index in [0.717, 1.165) is 55.7 Å². The van der Waals surface area contributed by atoms with Crippen molar-refractivity contribution in [2.45, 2.75) is 71.5 Å². The summed E-state index contributed by atoms with van der Waals surface area (Å²) in [4.78, 5) is 28.6. The molecule has 1 heterocycles. The number of alkyl halides is 3. The highest BCUT2D eigenvalue weighted by Crippen LogP contribution is 2.33. The van der Waals surface area contributed by atoms with Crippen LogP contribution in [0.3, 0.4) is 0 Å². The van der Waals surface area contributed by atoms with Crippen molar-refractivity contribution in [2.75, 3.05) is 31.9 Å². The minimum atomic E-state index is -4.39. The highest BCUT2D eigenvalue weighted by atomic mass is 19.4. The number of carbonyl (C=O) groups excluding carboxylic acids is 2. The van der Waals surface area contributed by atoms with Gasteiger partial charge in [0.15, 0.2) is 5.78 Å². The van der Waals surface area contributed by atoms with Crippen molar-refractivity contribution in [1.82, 2.24) is 9.80 Å². The number of carbonyl (C=O) groups is 2. The van der Waals surface area contributed by atoms with E-state index in [9.17, 15) is 22.8 Å². The number of para-hydroxylation sites is 1. The summed E-state index contributed by atoms with van der Waals surface area (Å²) in [6.07, 6.45) is 1.55. The van der Waals surface area contributed by atoms with Gasteiger partial charge in [0.2, 0.25) is 5.91 Å². The Morgan fingerprint density at radius 2 is 1.53 bits per heavy atom. The van der Waals surface area contributed by atoms with E-state index in [4.69, 9.17) is 5.73 Å². The molecule has 232 valence electrons. The Bertz CT molecular complexity index is 1330. The van der Waals surface area contributed by atoms with E-state index in [0.29, 0.717) is 29.2 Å². The zero-order valence-electron chi connectivity index (χ0n) is 25.5. The van der Waals surface area contributed by atoms with Gasteiger partial charge >= 0.3 is 6.18 Å². The molecule has 5 nitrogen and oxygen atoms in total. The maximum atomic E-state index is 12.7. The largest absolute Gasteiger partial charge is 0.416 e. The SMILES string of the molecule is CC(=O)c1ccccc1-c1cccc(C(F)(F)F)c1.CCCN(CCC)C1CCN(C(=O)CCc2ccccc2N)CC1. The van der Waals surface area contributed by atoms with Crippen LogP contribution in [0.15, 0.2) is 72.8 Å². The van der Waals surface area contributed by atoms with Crippen LogP contribution in [0.5, 0.6) is 0 Å². The maximum Gasteiger partial charge on any atom is 0.416 e. The molecule has 8 heteroatoms. The van der Waals surface area contributed by atoms with Gasteiger partial charge in [-0.25, -0.2) is 0 Å². The van der Waals surface area contributed by atoms with Crippen LogP contribution < -0.4 is 5.73 Å². The van der Waals surface area contributed by atoms with Crippen LogP contribution in [0.2, 0.25) is 0 Å². The van der Waals surface area contributed by atoms with Crippen LogP contribution in [-0.2, 0) is 17.4 Å². The highest BCUT2D eigenvalue weighted by molar-refractivity contribution is 6.00. The summed E-state index contributed by atoms with van der Waals surface area (Å²) in [6, 6.07) is 20.1. The first-order valence-corrected chi connectivity index (χ1v) is 15.2. The summed E-state index contributed by atoms with van der Waals surface area (Å²) in [5.41, 5.74) is 8.44. The molecule has 0 atom stereocenters. The van der Waals surface area contributed by atoms with Crippen LogP contribution in [0, 0.1) is 0 Å². The lowest BCUT2D eigenvalue weighted by Gasteiger charge is -2.38. The number of hydrogen-bond acceptors (Lipinski definition) is 4. The minimum absolute atomic E-state index is 0.173. The van der Waals surface area contributed by atoms with Gasteiger partial charge in [-0.15, -0.1) is 0 Å². The average molecular weight is 596 g/mol. The monoisotopic (exact) mass is 595 g/mol. The number of piperidine rings is 1. The maximum absolute atomic E-state index is 12.7. The fourth-order valence-electron chi connectivity index (χ4n) is 5.60. The standard InChI is InChI=1S/C20H33N3O.C15H11F3O/c1-3-13-22(14-4-2)18-11-15-23(16-12-18)20(24)10-9-17-7-5-6-8-19(17)21;1-10(19)13-7-2-3-8-14(13)11-5-4-6-12(9-11)15(16,17)18/h5-8,18H,3-4,9-16,21H2,1-2H3;2-9H,1H3. The second kappa shape index (κ2) is 16.3. The summed E-state index contributed by atoms with van der Waals surface area (Å²) in [5.74, 6) is 0.0993. The predicted molar refractivity (Wildman–Crippen MR) is 168 cm³/mol. The molecule has 0 bridgehead atoms. The lowest BCUT2D eigenvalue weighted by molar-refractivity contribution is -0.137. The van der Waals surface area contributed by atoms with Crippen LogP contribution in [0.25, 0.3) is 11.1 Å². The number of nitrogens with zero attached hydrogens (tertiary/aromatic N) is 2. The molecule has 3 aromatic rings. The molecule has 2 N–H and O–H groups in total. The second-order valence-corrected chi connectivity index (χ2v) is 11.0. The van der Waals surface area contributed by atoms with E-state index in [2.05, 4.69) is 18.7 Å². The summed E-state index contributed by atoms with van der Waals surface area (Å²) in [5, 5.41) is 0. The number of hydrogen-bond donors (Lipinski definition) is 1. The topological polar surface area (TPSA) is 66.6 Å². The van der Waals surface area contributed by atoms with Crippen molar-refractivity contribution in [1.29, 1.82) is 0 Å². The molecule has 0 saturated carbocycles. The van der Waals surface area contributed by atoms with Crippen molar-refractivity contribution in [2.24, 2.45) is 0 Å². The molecule has 0 aromatic heterocycles. The molecule has 0 spiro atoms. The number of amides is 1. The molecule has 1 aliphatic heterocycles. The van der Waals surface area contributed by atoms with Crippen LogP contribution >= 0.6 is 0 Å². The quantitative estimate of drug-likeness (QED) is 0.191. The number of Topliss-reactive ketones (excluding diaryl/α,β-unsaturated/α-hetero) is 1. The van der Waals surface area contributed by atoms with E-state index in [1.54, 1.807) is 30.3 Å². The van der Waals surface area contributed by atoms with Crippen molar-refractivity contribution in [3.8, 4) is 11.1 Å². The Morgan fingerprint density at radius 3 is 2.14 bits per heavy atom. The first-order chi connectivity index (χ1) is 20.5. The smallest absolute Gasteiger partial charge is 0.399 e. The zero-order valence-corrected chi connectivity index (χ0v) is 25.5. The summed E-state index contributed by atoms with van der Waals surface area (Å²) < 4.78 is 38.0. The molecule has 0 aliphatic carbocycles. The third-order valence-corrected chi connectivity index (χ3v) is 7.83. The van der Waals surface area contributed by atoms with Crippen molar-refractivity contribution >= 4 is 17.4 Å². The fourth-order valence-corrected chi connectivity index (χ4v) is 5.60. The lowest BCUT2D eigenvalue weighted by Crippen LogP contribution is -2.47. The second-order valence-electron chi connectivity index (χ2n) is 11.0. The van der Waals surface area contributed by atoms with Gasteiger partial charge in [-0.2, -0.15) is 13.2 Å². The summed E-state index contributed by atoms with van der Waals surface area (Å²) >= 11 is 0. The number of nitrogen functional groups attached to an aromatic ring is 1. The van der Waals surface area contributed by atoms with E-state index in [1.165, 1.54) is 38.9 Å². The number of likely N-dealkylation sites (tertiary alicyclic amines) is 1. The molecule has 4 rings (SSSR count). The van der Waals surface area contributed by atoms with Crippen LogP contribution in [0.1, 0.15) is 74.4 Å². The van der Waals surface area contributed by atoms with Gasteiger partial charge in [-0.05, 0) is 87.0 Å². The zero-order chi connectivity index (χ0) is 31.4. The Kier molecular flexibility index (Phi) is 12.8. The van der Waals surface area contributed by atoms with Gasteiger partial charge in [0.25, 0.3) is 0 Å². The predicted octanol–water partition coefficient (Wildman–Crippen LogP) is 7.89. The molecule has 0 unspecified atom stereocenters. The molecule has 1 amide bonds. The molecular weight excluding hydrogens is 551 g/mol. The third kappa shape index (κ3) is 9.95. The molecular formula is C35H44F3N3O2. The number of halogens is 3. The first kappa shape index (κ1) is 33.8. The summed E-state index contributed by atoms with van der Waals surface area (Å²) in [6.45, 7) is 10.1. The number of benzene rings is 3. The van der Waals surface area contributed by atoms with Gasteiger partial charge in [-0.1, -0.05) is 68.4 Å². The Labute approximate surface area is 253 Å². The summed E-state index contributed by atoms with van der Waals surface area (Å²) in [7, 11) is 0. The van der Waals surface area contributed by atoms with Crippen molar-refractivity contribution in [3.63, 3.8) is 0 Å². The Balaban J connectivity index is 0.000000242. The fraction of sp³-hybridized carbons (Fsp3) is 0.429. The van der Waals surface area contributed by atoms with E-state index >= 15 is 0 Å². The first-order valence-electron chi connectivity index (χ1n) is 15.2. The molecule has 0 radical (unpaired) electrons. The van der Waals surface area contributed by atoms with Crippen molar-refractivity contribution in [3.05, 3.63) is 89.5 Å². The van der Waals surface area contributed by atoms with Crippen LogP contribution in [-0.4, -0.2) is 53.7 Å². The van der Waals surface area contributed by atoms with Crippen LogP contribution in [0.4, 0.5) is 18.9 Å². The molecule has 1 saturated heterocycles. The van der Waals surface area contributed by atoms with Crippen molar-refractivity contribution < 1.29 is 22.8 Å². The number of aryl methyl sites for hydroxylation is 1. The minimum Gasteiger partial charge on any atom is -0.399 e. The average Bonchev–Trinajstić information content (AvgIpc) is 3.00. The molecule has 43 heavy (non-hydrogen) atoms. The molecule has 1 fully saturated rings. The number of ketones is 1. The number of rotatable bonds is 10. The van der Waals surface area contributed by atoms with Gasteiger partial charge in [-0.3, -0.25) is 9.59 Å². The lowest BCUT2D eigenvalue weighted by atomic mass is 9.96. The number of anilines is 1. The Morgan fingerprint density at radius 1 is 0.907 bits per heavy atom. The Hall–Kier alpha value is -3.65. The van der Waals surface area contributed by atoms with Gasteiger partial charge in [0.05, 0.1) is 5.56 Å². The van der Waals surface area contributed by atoms with E-state index in [1.807, 2.05) is 29.2 Å². The van der Waals surface area contributed by atoms with E-state index < -0.39 is 11.7 Å². The van der Waals surface area contributed by atoms with E-state index in [-0.39, 0.29) is 11.7 Å². The van der Waals surface area contributed by atoms with Gasteiger partial charge in [0.1, 0.15) is 0 Å².